The summed E-state index contributed by atoms with van der Waals surface area (Å²) in [6.07, 6.45) is 1.57. The largest absolute Gasteiger partial charge is 0.368 e. The number of hydrogen-bond donors (Lipinski definition) is 2. The molecule has 6 heteroatoms. The fraction of sp³-hybridized carbons (Fsp3) is 0.727. The highest BCUT2D eigenvalue weighted by molar-refractivity contribution is 5.84. The van der Waals surface area contributed by atoms with E-state index in [9.17, 15) is 4.79 Å². The molecular weight excluding hydrogens is 218 g/mol. The average Bonchev–Trinajstić information content (AvgIpc) is 2.70. The van der Waals surface area contributed by atoms with Crippen LogP contribution in [0.5, 0.6) is 0 Å². The minimum Gasteiger partial charge on any atom is -0.368 e. The molecule has 0 saturated heterocycles. The standard InChI is InChI=1S/C11H21N5O/c1-5-8-14-9(6-2)16(15-8)7-11(3,13-4)10(12)17/h13H,5-7H2,1-4H3,(H2,12,17). The highest BCUT2D eigenvalue weighted by atomic mass is 16.1. The van der Waals surface area contributed by atoms with Crippen LogP contribution in [0, 0.1) is 0 Å². The van der Waals surface area contributed by atoms with Crippen LogP contribution < -0.4 is 11.1 Å². The smallest absolute Gasteiger partial charge is 0.239 e. The Labute approximate surface area is 102 Å². The molecule has 0 saturated carbocycles. The Morgan fingerprint density at radius 2 is 2.12 bits per heavy atom. The molecular formula is C11H21N5O. The van der Waals surface area contributed by atoms with Crippen LogP contribution in [0.3, 0.4) is 0 Å². The maximum absolute atomic E-state index is 11.4. The lowest BCUT2D eigenvalue weighted by atomic mass is 10.0. The van der Waals surface area contributed by atoms with Gasteiger partial charge >= 0.3 is 0 Å². The first-order valence-corrected chi connectivity index (χ1v) is 5.88. The van der Waals surface area contributed by atoms with Crippen molar-refractivity contribution in [1.82, 2.24) is 20.1 Å². The second kappa shape index (κ2) is 5.27. The number of aryl methyl sites for hydroxylation is 2. The Kier molecular flexibility index (Phi) is 4.22. The normalized spacial score (nSPS) is 14.6. The summed E-state index contributed by atoms with van der Waals surface area (Å²) in [6, 6.07) is 0. The van der Waals surface area contributed by atoms with Crippen molar-refractivity contribution in [3.8, 4) is 0 Å². The van der Waals surface area contributed by atoms with Crippen molar-refractivity contribution in [2.24, 2.45) is 5.73 Å². The second-order valence-corrected chi connectivity index (χ2v) is 4.26. The van der Waals surface area contributed by atoms with E-state index in [0.717, 1.165) is 24.5 Å². The van der Waals surface area contributed by atoms with Gasteiger partial charge in [0.15, 0.2) is 5.82 Å². The Morgan fingerprint density at radius 3 is 2.53 bits per heavy atom. The molecule has 0 radical (unpaired) electrons. The number of primary amides is 1. The molecule has 1 unspecified atom stereocenters. The number of hydrogen-bond acceptors (Lipinski definition) is 4. The van der Waals surface area contributed by atoms with Gasteiger partial charge in [-0.05, 0) is 14.0 Å². The first-order chi connectivity index (χ1) is 7.96. The molecule has 0 aliphatic heterocycles. The zero-order valence-electron chi connectivity index (χ0n) is 10.9. The van der Waals surface area contributed by atoms with Gasteiger partial charge in [0, 0.05) is 12.8 Å². The number of nitrogens with one attached hydrogen (secondary N) is 1. The minimum atomic E-state index is -0.803. The predicted molar refractivity (Wildman–Crippen MR) is 65.4 cm³/mol. The summed E-state index contributed by atoms with van der Waals surface area (Å²) >= 11 is 0. The molecule has 1 aromatic rings. The van der Waals surface area contributed by atoms with Gasteiger partial charge in [-0.2, -0.15) is 5.10 Å². The summed E-state index contributed by atoms with van der Waals surface area (Å²) in [6.45, 7) is 6.18. The first kappa shape index (κ1) is 13.6. The molecule has 0 aliphatic rings. The van der Waals surface area contributed by atoms with Crippen LogP contribution in [0.4, 0.5) is 0 Å². The Bertz CT molecular complexity index is 401. The zero-order chi connectivity index (χ0) is 13.1. The van der Waals surface area contributed by atoms with Gasteiger partial charge in [0.25, 0.3) is 0 Å². The quantitative estimate of drug-likeness (QED) is 0.724. The summed E-state index contributed by atoms with van der Waals surface area (Å²) in [5.41, 5.74) is 4.59. The molecule has 0 bridgehead atoms. The average molecular weight is 239 g/mol. The predicted octanol–water partition coefficient (Wildman–Crippen LogP) is -0.134. The number of nitrogens with two attached hydrogens (primary N) is 1. The summed E-state index contributed by atoms with van der Waals surface area (Å²) in [4.78, 5) is 15.8. The molecule has 0 spiro atoms. The summed E-state index contributed by atoms with van der Waals surface area (Å²) in [5, 5.41) is 7.31. The lowest BCUT2D eigenvalue weighted by Crippen LogP contribution is -2.54. The second-order valence-electron chi connectivity index (χ2n) is 4.26. The number of rotatable bonds is 6. The van der Waals surface area contributed by atoms with Gasteiger partial charge in [0.2, 0.25) is 5.91 Å². The first-order valence-electron chi connectivity index (χ1n) is 5.88. The Balaban J connectivity index is 3.00. The van der Waals surface area contributed by atoms with E-state index in [4.69, 9.17) is 5.73 Å². The van der Waals surface area contributed by atoms with E-state index in [2.05, 4.69) is 15.4 Å². The van der Waals surface area contributed by atoms with Crippen molar-refractivity contribution >= 4 is 5.91 Å². The monoisotopic (exact) mass is 239 g/mol. The number of carbonyl (C=O) groups excluding carboxylic acids is 1. The maximum Gasteiger partial charge on any atom is 0.239 e. The van der Waals surface area contributed by atoms with Crippen LogP contribution in [-0.4, -0.2) is 33.3 Å². The van der Waals surface area contributed by atoms with Gasteiger partial charge in [-0.1, -0.05) is 13.8 Å². The lowest BCUT2D eigenvalue weighted by molar-refractivity contribution is -0.124. The Morgan fingerprint density at radius 1 is 1.47 bits per heavy atom. The number of aromatic nitrogens is 3. The minimum absolute atomic E-state index is 0.393. The van der Waals surface area contributed by atoms with Crippen molar-refractivity contribution < 1.29 is 4.79 Å². The Hall–Kier alpha value is -1.43. The topological polar surface area (TPSA) is 85.8 Å². The van der Waals surface area contributed by atoms with Gasteiger partial charge < -0.3 is 11.1 Å². The molecule has 1 amide bonds. The fourth-order valence-electron chi connectivity index (χ4n) is 1.54. The van der Waals surface area contributed by atoms with Crippen LogP contribution in [0.2, 0.25) is 0 Å². The van der Waals surface area contributed by atoms with E-state index >= 15 is 0 Å². The van der Waals surface area contributed by atoms with Gasteiger partial charge in [0.1, 0.15) is 11.4 Å². The third-order valence-electron chi connectivity index (χ3n) is 2.99. The third-order valence-corrected chi connectivity index (χ3v) is 2.99. The van der Waals surface area contributed by atoms with Crippen molar-refractivity contribution in [3.05, 3.63) is 11.6 Å². The SMILES string of the molecule is CCc1nc(CC)n(CC(C)(NC)C(N)=O)n1. The number of likely N-dealkylation sites (N-methyl/N-ethyl adjacent to an activating group) is 1. The van der Waals surface area contributed by atoms with Crippen LogP contribution in [-0.2, 0) is 24.2 Å². The number of amides is 1. The summed E-state index contributed by atoms with van der Waals surface area (Å²) < 4.78 is 1.76. The molecule has 17 heavy (non-hydrogen) atoms. The van der Waals surface area contributed by atoms with Crippen molar-refractivity contribution in [2.75, 3.05) is 7.05 Å². The lowest BCUT2D eigenvalue weighted by Gasteiger charge is -2.25. The summed E-state index contributed by atoms with van der Waals surface area (Å²) in [5.74, 6) is 1.28. The molecule has 3 N–H and O–H groups in total. The third kappa shape index (κ3) is 2.82. The molecule has 1 rings (SSSR count). The van der Waals surface area contributed by atoms with Gasteiger partial charge in [-0.3, -0.25) is 4.79 Å². The van der Waals surface area contributed by atoms with Gasteiger partial charge in [-0.25, -0.2) is 9.67 Å². The van der Waals surface area contributed by atoms with Gasteiger partial charge in [0.05, 0.1) is 6.54 Å². The van der Waals surface area contributed by atoms with E-state index in [1.807, 2.05) is 13.8 Å². The molecule has 1 heterocycles. The molecule has 0 aromatic carbocycles. The fourth-order valence-corrected chi connectivity index (χ4v) is 1.54. The van der Waals surface area contributed by atoms with Gasteiger partial charge in [-0.15, -0.1) is 0 Å². The van der Waals surface area contributed by atoms with E-state index in [0.29, 0.717) is 6.54 Å². The molecule has 96 valence electrons. The number of carbonyl (C=O) groups is 1. The van der Waals surface area contributed by atoms with E-state index in [1.165, 1.54) is 0 Å². The zero-order valence-corrected chi connectivity index (χ0v) is 10.9. The van der Waals surface area contributed by atoms with E-state index < -0.39 is 11.4 Å². The maximum atomic E-state index is 11.4. The van der Waals surface area contributed by atoms with Crippen molar-refractivity contribution in [2.45, 2.75) is 45.7 Å². The molecule has 6 nitrogen and oxygen atoms in total. The molecule has 1 atom stereocenters. The highest BCUT2D eigenvalue weighted by Crippen LogP contribution is 2.09. The van der Waals surface area contributed by atoms with Crippen molar-refractivity contribution in [1.29, 1.82) is 0 Å². The molecule has 0 fully saturated rings. The van der Waals surface area contributed by atoms with E-state index in [-0.39, 0.29) is 0 Å². The highest BCUT2D eigenvalue weighted by Gasteiger charge is 2.30. The molecule has 0 aliphatic carbocycles. The van der Waals surface area contributed by atoms with Crippen LogP contribution in [0.1, 0.15) is 32.4 Å². The van der Waals surface area contributed by atoms with Crippen LogP contribution in [0.25, 0.3) is 0 Å². The van der Waals surface area contributed by atoms with E-state index in [1.54, 1.807) is 18.7 Å². The van der Waals surface area contributed by atoms with Crippen molar-refractivity contribution in [3.63, 3.8) is 0 Å². The van der Waals surface area contributed by atoms with Crippen LogP contribution in [0.15, 0.2) is 0 Å². The van der Waals surface area contributed by atoms with Crippen LogP contribution >= 0.6 is 0 Å². The summed E-state index contributed by atoms with van der Waals surface area (Å²) in [7, 11) is 1.72. The molecule has 1 aromatic heterocycles. The number of nitrogens with zero attached hydrogens (tertiary/aromatic N) is 3.